The van der Waals surface area contributed by atoms with Crippen molar-refractivity contribution in [3.63, 3.8) is 0 Å². The van der Waals surface area contributed by atoms with E-state index in [0.717, 1.165) is 19.4 Å². The maximum Gasteiger partial charge on any atom is 0.257 e. The largest absolute Gasteiger partial charge is 0.484 e. The topological polar surface area (TPSA) is 70.6 Å². The Hall–Kier alpha value is -1.59. The van der Waals surface area contributed by atoms with Gasteiger partial charge in [0.05, 0.1) is 0 Å². The molecule has 0 saturated heterocycles. The van der Waals surface area contributed by atoms with Crippen LogP contribution in [-0.4, -0.2) is 36.8 Å². The molecule has 1 saturated carbocycles. The highest BCUT2D eigenvalue weighted by Gasteiger charge is 2.22. The number of likely N-dealkylation sites (N-methyl/N-ethyl adjacent to an activating group) is 1. The molecule has 0 heterocycles. The zero-order valence-corrected chi connectivity index (χ0v) is 14.6. The molecule has 1 fully saturated rings. The Kier molecular flexibility index (Phi) is 8.05. The van der Waals surface area contributed by atoms with Crippen molar-refractivity contribution in [2.45, 2.75) is 51.6 Å². The van der Waals surface area contributed by atoms with E-state index >= 15 is 0 Å². The summed E-state index contributed by atoms with van der Waals surface area (Å²) < 4.78 is 5.46. The second kappa shape index (κ2) is 10.3. The summed E-state index contributed by atoms with van der Waals surface area (Å²) in [4.78, 5) is 11.4. The standard InChI is InChI=1S/C19H30N2O3/c1-2-20-19(23)14-24-17-10-8-15(9-11-17)12-21-18-7-5-3-4-6-16(18)13-22/h8-11,16,18,21-22H,2-7,12-14H2,1H3,(H,20,23). The summed E-state index contributed by atoms with van der Waals surface area (Å²) >= 11 is 0. The number of hydrogen-bond donors (Lipinski definition) is 3. The summed E-state index contributed by atoms with van der Waals surface area (Å²) in [7, 11) is 0. The monoisotopic (exact) mass is 334 g/mol. The molecule has 2 rings (SSSR count). The van der Waals surface area contributed by atoms with Crippen LogP contribution in [0.4, 0.5) is 0 Å². The van der Waals surface area contributed by atoms with Crippen LogP contribution in [0.1, 0.15) is 44.6 Å². The van der Waals surface area contributed by atoms with Gasteiger partial charge in [-0.05, 0) is 43.4 Å². The minimum atomic E-state index is -0.105. The molecule has 1 amide bonds. The van der Waals surface area contributed by atoms with Gasteiger partial charge in [-0.3, -0.25) is 4.79 Å². The van der Waals surface area contributed by atoms with Crippen molar-refractivity contribution in [2.24, 2.45) is 5.92 Å². The van der Waals surface area contributed by atoms with E-state index in [1.807, 2.05) is 31.2 Å². The predicted molar refractivity (Wildman–Crippen MR) is 94.9 cm³/mol. The quantitative estimate of drug-likeness (QED) is 0.638. The SMILES string of the molecule is CCNC(=O)COc1ccc(CNC2CCCCCC2CO)cc1. The number of amides is 1. The van der Waals surface area contributed by atoms with Gasteiger partial charge in [0.1, 0.15) is 5.75 Å². The van der Waals surface area contributed by atoms with Gasteiger partial charge in [0.2, 0.25) is 0 Å². The fourth-order valence-electron chi connectivity index (χ4n) is 3.22. The second-order valence-electron chi connectivity index (χ2n) is 6.45. The molecule has 134 valence electrons. The molecular formula is C19H30N2O3. The fraction of sp³-hybridized carbons (Fsp3) is 0.632. The molecule has 0 aliphatic heterocycles. The number of aliphatic hydroxyl groups is 1. The molecule has 1 aliphatic rings. The normalized spacial score (nSPS) is 21.1. The first-order valence-electron chi connectivity index (χ1n) is 9.05. The molecule has 1 aliphatic carbocycles. The number of carbonyl (C=O) groups is 1. The van der Waals surface area contributed by atoms with Crippen molar-refractivity contribution in [1.82, 2.24) is 10.6 Å². The minimum absolute atomic E-state index is 0.0473. The van der Waals surface area contributed by atoms with E-state index in [9.17, 15) is 9.90 Å². The molecule has 3 N–H and O–H groups in total. The first-order chi connectivity index (χ1) is 11.7. The number of nitrogens with one attached hydrogen (secondary N) is 2. The number of ether oxygens (including phenoxy) is 1. The predicted octanol–water partition coefficient (Wildman–Crippen LogP) is 2.23. The van der Waals surface area contributed by atoms with Crippen LogP contribution in [0.15, 0.2) is 24.3 Å². The number of rotatable bonds is 8. The molecule has 0 aromatic heterocycles. The Morgan fingerprint density at radius 3 is 2.67 bits per heavy atom. The number of hydrogen-bond acceptors (Lipinski definition) is 4. The van der Waals surface area contributed by atoms with Crippen molar-refractivity contribution in [3.8, 4) is 5.75 Å². The third-order valence-electron chi connectivity index (χ3n) is 4.63. The lowest BCUT2D eigenvalue weighted by Gasteiger charge is -2.24. The summed E-state index contributed by atoms with van der Waals surface area (Å²) in [5, 5.41) is 15.9. The molecule has 2 atom stereocenters. The first kappa shape index (κ1) is 18.7. The molecule has 1 aromatic carbocycles. The van der Waals surface area contributed by atoms with E-state index in [1.165, 1.54) is 24.8 Å². The van der Waals surface area contributed by atoms with Gasteiger partial charge in [-0.25, -0.2) is 0 Å². The molecule has 0 bridgehead atoms. The molecule has 1 aromatic rings. The minimum Gasteiger partial charge on any atom is -0.484 e. The van der Waals surface area contributed by atoms with Crippen LogP contribution in [0.5, 0.6) is 5.75 Å². The Morgan fingerprint density at radius 1 is 1.21 bits per heavy atom. The summed E-state index contributed by atoms with van der Waals surface area (Å²) in [5.74, 6) is 0.964. The average molecular weight is 334 g/mol. The Balaban J connectivity index is 1.79. The average Bonchev–Trinajstić information content (AvgIpc) is 2.84. The number of aliphatic hydroxyl groups excluding tert-OH is 1. The van der Waals surface area contributed by atoms with Crippen LogP contribution < -0.4 is 15.4 Å². The van der Waals surface area contributed by atoms with Gasteiger partial charge < -0.3 is 20.5 Å². The zero-order chi connectivity index (χ0) is 17.2. The summed E-state index contributed by atoms with van der Waals surface area (Å²) in [6.45, 7) is 3.60. The van der Waals surface area contributed by atoms with Crippen molar-refractivity contribution < 1.29 is 14.6 Å². The highest BCUT2D eigenvalue weighted by Crippen LogP contribution is 2.23. The van der Waals surface area contributed by atoms with Crippen molar-refractivity contribution in [2.75, 3.05) is 19.8 Å². The van der Waals surface area contributed by atoms with Crippen molar-refractivity contribution >= 4 is 5.91 Å². The van der Waals surface area contributed by atoms with E-state index in [1.54, 1.807) is 0 Å². The van der Waals surface area contributed by atoms with E-state index in [-0.39, 0.29) is 19.1 Å². The van der Waals surface area contributed by atoms with E-state index in [4.69, 9.17) is 4.74 Å². The lowest BCUT2D eigenvalue weighted by molar-refractivity contribution is -0.122. The lowest BCUT2D eigenvalue weighted by atomic mass is 9.95. The molecular weight excluding hydrogens is 304 g/mol. The maximum absolute atomic E-state index is 11.4. The molecule has 5 heteroatoms. The zero-order valence-electron chi connectivity index (χ0n) is 14.6. The van der Waals surface area contributed by atoms with Crippen LogP contribution in [0.3, 0.4) is 0 Å². The van der Waals surface area contributed by atoms with Crippen LogP contribution in [-0.2, 0) is 11.3 Å². The van der Waals surface area contributed by atoms with Crippen LogP contribution in [0.2, 0.25) is 0 Å². The van der Waals surface area contributed by atoms with E-state index in [2.05, 4.69) is 10.6 Å². The smallest absolute Gasteiger partial charge is 0.257 e. The van der Waals surface area contributed by atoms with Gasteiger partial charge in [0.25, 0.3) is 5.91 Å². The van der Waals surface area contributed by atoms with Crippen molar-refractivity contribution in [1.29, 1.82) is 0 Å². The van der Waals surface area contributed by atoms with Gasteiger partial charge in [-0.15, -0.1) is 0 Å². The van der Waals surface area contributed by atoms with Crippen LogP contribution in [0.25, 0.3) is 0 Å². The Bertz CT molecular complexity index is 490. The van der Waals surface area contributed by atoms with Crippen LogP contribution in [0, 0.1) is 5.92 Å². The van der Waals surface area contributed by atoms with Gasteiger partial charge >= 0.3 is 0 Å². The van der Waals surface area contributed by atoms with Gasteiger partial charge in [0, 0.05) is 25.7 Å². The maximum atomic E-state index is 11.4. The second-order valence-corrected chi connectivity index (χ2v) is 6.45. The highest BCUT2D eigenvalue weighted by atomic mass is 16.5. The molecule has 24 heavy (non-hydrogen) atoms. The lowest BCUT2D eigenvalue weighted by Crippen LogP contribution is -2.36. The molecule has 0 radical (unpaired) electrons. The highest BCUT2D eigenvalue weighted by molar-refractivity contribution is 5.77. The van der Waals surface area contributed by atoms with Gasteiger partial charge in [-0.2, -0.15) is 0 Å². The summed E-state index contributed by atoms with van der Waals surface area (Å²) in [6, 6.07) is 8.22. The third-order valence-corrected chi connectivity index (χ3v) is 4.63. The fourth-order valence-corrected chi connectivity index (χ4v) is 3.22. The third kappa shape index (κ3) is 6.13. The number of carbonyl (C=O) groups excluding carboxylic acids is 1. The molecule has 2 unspecified atom stereocenters. The van der Waals surface area contributed by atoms with Gasteiger partial charge in [-0.1, -0.05) is 31.4 Å². The Morgan fingerprint density at radius 2 is 1.96 bits per heavy atom. The van der Waals surface area contributed by atoms with Crippen molar-refractivity contribution in [3.05, 3.63) is 29.8 Å². The molecule has 0 spiro atoms. The van der Waals surface area contributed by atoms with Gasteiger partial charge in [0.15, 0.2) is 6.61 Å². The van der Waals surface area contributed by atoms with Crippen LogP contribution >= 0.6 is 0 Å². The molecule has 5 nitrogen and oxygen atoms in total. The van der Waals surface area contributed by atoms with E-state index < -0.39 is 0 Å². The first-order valence-corrected chi connectivity index (χ1v) is 9.05. The Labute approximate surface area is 144 Å². The van der Waals surface area contributed by atoms with E-state index in [0.29, 0.717) is 24.3 Å². The summed E-state index contributed by atoms with van der Waals surface area (Å²) in [5.41, 5.74) is 1.18. The number of benzene rings is 1. The summed E-state index contributed by atoms with van der Waals surface area (Å²) in [6.07, 6.45) is 5.98.